The van der Waals surface area contributed by atoms with Crippen molar-refractivity contribution in [3.8, 4) is 0 Å². The third-order valence-electron chi connectivity index (χ3n) is 23.5. The van der Waals surface area contributed by atoms with Crippen LogP contribution in [0.2, 0.25) is 18.1 Å². The van der Waals surface area contributed by atoms with Gasteiger partial charge in [0.25, 0.3) is 0 Å². The lowest BCUT2D eigenvalue weighted by atomic mass is 9.45. The second-order valence-corrected chi connectivity index (χ2v) is 31.5. The van der Waals surface area contributed by atoms with E-state index in [1.54, 1.807) is 0 Å². The Hall–Kier alpha value is -1.12. The third-order valence-corrected chi connectivity index (χ3v) is 28.0. The molecule has 10 fully saturated rings. The molecule has 338 valence electrons. The second kappa shape index (κ2) is 13.3. The smallest absolute Gasteiger partial charge is 0.191 e. The van der Waals surface area contributed by atoms with Crippen molar-refractivity contribution in [2.45, 2.75) is 181 Å². The van der Waals surface area contributed by atoms with Crippen LogP contribution in [0.5, 0.6) is 0 Å². The van der Waals surface area contributed by atoms with E-state index in [-0.39, 0.29) is 33.3 Å². The SMILES string of the molecule is CC(C)(C)[Si](C)(C)OCCC[C@]1(O)[C@H]2C[C@H]2C2C3C(CC[C@@]21C)[C@@]1(C)CCC(=O)C=C1[C@@H]1C[C@H]31.C[C@]12CCC(=O)C=C1[C@@H]1C[C@@H]1C1C2CC[C@@]2(C)C1[C@@H]1C[C@@H]1[C@@]2(O)CCCO. The lowest BCUT2D eigenvalue weighted by molar-refractivity contribution is -0.155. The van der Waals surface area contributed by atoms with Crippen molar-refractivity contribution < 1.29 is 29.3 Å². The van der Waals surface area contributed by atoms with Gasteiger partial charge in [-0.25, -0.2) is 0 Å². The normalized spacial score (nSPS) is 54.9. The molecule has 12 rings (SSSR count). The van der Waals surface area contributed by atoms with Gasteiger partial charge in [0.1, 0.15) is 0 Å². The van der Waals surface area contributed by atoms with Gasteiger partial charge in [-0.1, -0.05) is 59.6 Å². The number of aliphatic hydroxyl groups excluding tert-OH is 1. The van der Waals surface area contributed by atoms with Crippen molar-refractivity contribution in [2.75, 3.05) is 13.2 Å². The van der Waals surface area contributed by atoms with Crippen LogP contribution in [0.4, 0.5) is 0 Å². The Morgan fingerprint density at radius 2 is 1.10 bits per heavy atom. The maximum atomic E-state index is 12.4. The molecule has 0 radical (unpaired) electrons. The third kappa shape index (κ3) is 5.63. The van der Waals surface area contributed by atoms with Crippen LogP contribution in [-0.4, -0.2) is 59.6 Å². The average molecular weight is 855 g/mol. The zero-order chi connectivity index (χ0) is 43.2. The topological polar surface area (TPSA) is 104 Å². The van der Waals surface area contributed by atoms with Crippen LogP contribution in [0.1, 0.15) is 151 Å². The fraction of sp³-hybridized carbons (Fsp3) is 0.889. The highest BCUT2D eigenvalue weighted by Crippen LogP contribution is 2.83. The van der Waals surface area contributed by atoms with Gasteiger partial charge in [0.05, 0.1) is 11.2 Å². The van der Waals surface area contributed by atoms with Crippen molar-refractivity contribution in [1.29, 1.82) is 0 Å². The van der Waals surface area contributed by atoms with Crippen LogP contribution in [0.3, 0.4) is 0 Å². The number of fused-ring (bicyclic) bond motifs is 20. The number of carbonyl (C=O) groups excluding carboxylic acids is 2. The summed E-state index contributed by atoms with van der Waals surface area (Å²) in [4.78, 5) is 24.4. The fourth-order valence-corrected chi connectivity index (χ4v) is 20.3. The van der Waals surface area contributed by atoms with E-state index in [0.717, 1.165) is 99.9 Å². The first kappa shape index (κ1) is 42.5. The summed E-state index contributed by atoms with van der Waals surface area (Å²) in [7, 11) is -1.73. The predicted octanol–water partition coefficient (Wildman–Crippen LogP) is 10.5. The maximum Gasteiger partial charge on any atom is 0.191 e. The van der Waals surface area contributed by atoms with E-state index in [1.165, 1.54) is 56.1 Å². The monoisotopic (exact) mass is 855 g/mol. The lowest BCUT2D eigenvalue weighted by Crippen LogP contribution is -2.57. The Labute approximate surface area is 369 Å². The van der Waals surface area contributed by atoms with Gasteiger partial charge in [-0.3, -0.25) is 9.59 Å². The molecule has 0 bridgehead atoms. The van der Waals surface area contributed by atoms with E-state index in [2.05, 4.69) is 67.6 Å². The summed E-state index contributed by atoms with van der Waals surface area (Å²) >= 11 is 0. The molecule has 3 N–H and O–H groups in total. The zero-order valence-corrected chi connectivity index (χ0v) is 40.5. The first-order valence-corrected chi connectivity index (χ1v) is 28.7. The number of aliphatic hydroxyl groups is 3. The average Bonchev–Trinajstić information content (AvgIpc) is 4.01. The van der Waals surface area contributed by atoms with Crippen molar-refractivity contribution in [2.24, 2.45) is 105 Å². The first-order chi connectivity index (χ1) is 28.6. The van der Waals surface area contributed by atoms with E-state index in [0.29, 0.717) is 58.9 Å². The molecule has 0 saturated heterocycles. The summed E-state index contributed by atoms with van der Waals surface area (Å²) in [6.07, 6.45) is 20.9. The molecule has 7 heteroatoms. The zero-order valence-electron chi connectivity index (χ0n) is 39.5. The maximum absolute atomic E-state index is 12.4. The largest absolute Gasteiger partial charge is 0.417 e. The van der Waals surface area contributed by atoms with Crippen LogP contribution in [-0.2, 0) is 14.0 Å². The summed E-state index contributed by atoms with van der Waals surface area (Å²) in [6.45, 7) is 22.4. The van der Waals surface area contributed by atoms with Crippen LogP contribution in [0, 0.1) is 105 Å². The van der Waals surface area contributed by atoms with Crippen molar-refractivity contribution in [3.63, 3.8) is 0 Å². The molecule has 0 aromatic rings. The Balaban J connectivity index is 0.000000141. The molecule has 0 aliphatic heterocycles. The highest BCUT2D eigenvalue weighted by atomic mass is 28.4. The van der Waals surface area contributed by atoms with Gasteiger partial charge in [0.2, 0.25) is 0 Å². The quantitative estimate of drug-likeness (QED) is 0.166. The summed E-state index contributed by atoms with van der Waals surface area (Å²) in [6, 6.07) is 0. The molecule has 0 spiro atoms. The molecule has 12 aliphatic rings. The van der Waals surface area contributed by atoms with Gasteiger partial charge in [-0.2, -0.15) is 0 Å². The minimum atomic E-state index is -1.73. The van der Waals surface area contributed by atoms with Gasteiger partial charge in [0.15, 0.2) is 19.9 Å². The van der Waals surface area contributed by atoms with Gasteiger partial charge in [0, 0.05) is 26.1 Å². The van der Waals surface area contributed by atoms with Crippen LogP contribution < -0.4 is 0 Å². The molecular weight excluding hydrogens is 773 g/mol. The van der Waals surface area contributed by atoms with Gasteiger partial charge < -0.3 is 19.7 Å². The van der Waals surface area contributed by atoms with Crippen molar-refractivity contribution in [3.05, 3.63) is 23.3 Å². The van der Waals surface area contributed by atoms with E-state index in [9.17, 15) is 24.9 Å². The molecule has 20 atom stereocenters. The molecule has 6 nitrogen and oxygen atoms in total. The van der Waals surface area contributed by atoms with Crippen LogP contribution >= 0.6 is 0 Å². The summed E-state index contributed by atoms with van der Waals surface area (Å²) < 4.78 is 6.50. The molecule has 0 aromatic heterocycles. The Bertz CT molecular complexity index is 1950. The molecule has 61 heavy (non-hydrogen) atoms. The van der Waals surface area contributed by atoms with E-state index < -0.39 is 19.5 Å². The van der Waals surface area contributed by atoms with E-state index in [1.807, 2.05) is 6.08 Å². The summed E-state index contributed by atoms with van der Waals surface area (Å²) in [5.74, 6) is 10.4. The number of rotatable bonds is 8. The highest BCUT2D eigenvalue weighted by Gasteiger charge is 2.80. The minimum absolute atomic E-state index is 0.0339. The summed E-state index contributed by atoms with van der Waals surface area (Å²) in [5, 5.41) is 33.8. The first-order valence-electron chi connectivity index (χ1n) is 25.8. The number of allylic oxidation sites excluding steroid dienone is 2. The molecular formula is C54H82O6Si. The highest BCUT2D eigenvalue weighted by molar-refractivity contribution is 6.74. The number of hydrogen-bond donors (Lipinski definition) is 3. The number of carbonyl (C=O) groups is 2. The lowest BCUT2D eigenvalue weighted by Gasteiger charge is -2.60. The summed E-state index contributed by atoms with van der Waals surface area (Å²) in [5.41, 5.74) is 2.54. The van der Waals surface area contributed by atoms with Crippen LogP contribution in [0.15, 0.2) is 23.3 Å². The standard InChI is InChI=1S/C30H48O3Si.C24H34O3/c1-27(2,3)34(6,7)33-14-8-11-30(32)24-17-21(24)26-25-20-16-19(20)23-15-18(31)9-12-28(23,4)22(25)10-13-29(26,30)5;1-22-7-4-13(26)10-18(22)14-11-15(14)20-17(22)5-8-23(2)21(20)16-12-19(16)24(23,27)6-3-9-25/h15,19-22,24-26,32H,8-14,16-17H2,1-7H3;10,14-17,19-21,25,27H,3-9,11-12H2,1-2H3/t19-,20+,21-,22?,24+,25?,26?,28-,29+,30+;14-,15+,16-,17?,19+,20?,21?,22-,23+,24+/m11/s1. The van der Waals surface area contributed by atoms with Crippen molar-refractivity contribution >= 4 is 19.9 Å². The molecule has 12 aliphatic carbocycles. The molecule has 0 heterocycles. The van der Waals surface area contributed by atoms with Gasteiger partial charge in [-0.15, -0.1) is 0 Å². The Kier molecular flexibility index (Phi) is 9.25. The Morgan fingerprint density at radius 3 is 1.52 bits per heavy atom. The molecule has 0 amide bonds. The molecule has 6 unspecified atom stereocenters. The second-order valence-electron chi connectivity index (χ2n) is 26.7. The van der Waals surface area contributed by atoms with Gasteiger partial charge in [-0.05, 0) is 225 Å². The number of hydrogen-bond acceptors (Lipinski definition) is 6. The van der Waals surface area contributed by atoms with E-state index in [4.69, 9.17) is 4.43 Å². The van der Waals surface area contributed by atoms with Crippen molar-refractivity contribution in [1.82, 2.24) is 0 Å². The Morgan fingerprint density at radius 1 is 0.656 bits per heavy atom. The molecule has 0 aromatic carbocycles. The number of ketones is 2. The predicted molar refractivity (Wildman–Crippen MR) is 241 cm³/mol. The van der Waals surface area contributed by atoms with Gasteiger partial charge >= 0.3 is 0 Å². The minimum Gasteiger partial charge on any atom is -0.417 e. The fourth-order valence-electron chi connectivity index (χ4n) is 19.2. The van der Waals surface area contributed by atoms with Crippen LogP contribution in [0.25, 0.3) is 0 Å². The van der Waals surface area contributed by atoms with E-state index >= 15 is 0 Å². The molecule has 10 saturated carbocycles.